The van der Waals surface area contributed by atoms with E-state index in [4.69, 9.17) is 4.74 Å². The summed E-state index contributed by atoms with van der Waals surface area (Å²) in [5, 5.41) is 11.5. The smallest absolute Gasteiger partial charge is 0.343 e. The molecule has 4 aromatic rings. The molecule has 1 aliphatic rings. The van der Waals surface area contributed by atoms with Crippen molar-refractivity contribution in [2.75, 3.05) is 6.61 Å². The maximum absolute atomic E-state index is 14.0. The number of carbonyl (C=O) groups is 1. The van der Waals surface area contributed by atoms with Gasteiger partial charge < -0.3 is 26.8 Å². The Morgan fingerprint density at radius 1 is 1.02 bits per heavy atom. The first kappa shape index (κ1) is 29.6. The van der Waals surface area contributed by atoms with E-state index in [-0.39, 0.29) is 42.0 Å². The van der Waals surface area contributed by atoms with Gasteiger partial charge in [-0.3, -0.25) is 0 Å². The van der Waals surface area contributed by atoms with E-state index >= 15 is 0 Å². The minimum Gasteiger partial charge on any atom is -1.00 e. The molecule has 5 nitrogen and oxygen atoms in total. The van der Waals surface area contributed by atoms with E-state index in [1.165, 1.54) is 5.56 Å². The fraction of sp³-hybridized carbons (Fsp3) is 0.312. The molecule has 40 heavy (non-hydrogen) atoms. The summed E-state index contributed by atoms with van der Waals surface area (Å²) < 4.78 is 37.6. The highest BCUT2D eigenvalue weighted by molar-refractivity contribution is 5.81. The molecule has 5 rings (SSSR count). The number of ether oxygens (including phenoxy) is 1. The lowest BCUT2D eigenvalue weighted by Crippen LogP contribution is -3.00. The first-order chi connectivity index (χ1) is 18.8. The van der Waals surface area contributed by atoms with E-state index in [1.54, 1.807) is 30.3 Å². The molecule has 1 heterocycles. The molecule has 0 amide bonds. The third kappa shape index (κ3) is 6.34. The summed E-state index contributed by atoms with van der Waals surface area (Å²) in [6.45, 7) is 3.07. The summed E-state index contributed by atoms with van der Waals surface area (Å²) >= 11 is 0. The van der Waals surface area contributed by atoms with Gasteiger partial charge in [0.25, 0.3) is 5.82 Å². The Labute approximate surface area is 243 Å². The Morgan fingerprint density at radius 3 is 2.27 bits per heavy atom. The molecule has 0 bridgehead atoms. The lowest BCUT2D eigenvalue weighted by atomic mass is 9.80. The molecule has 1 fully saturated rings. The molecule has 3 aromatic carbocycles. The van der Waals surface area contributed by atoms with Gasteiger partial charge in [0.2, 0.25) is 5.92 Å². The van der Waals surface area contributed by atoms with E-state index < -0.39 is 29.8 Å². The second-order valence-corrected chi connectivity index (χ2v) is 10.3. The molecule has 210 valence electrons. The number of halogens is 3. The molecule has 0 saturated heterocycles. The molecule has 1 saturated carbocycles. The standard InChI is InChI=1S/C32H33F2N2O3.BrH/c1-24-35(18-19-36(24)23-25-12-14-27(15-13-25)26-8-4-2-5-9-26)20-21-39-30(37)32(38,28-10-6-3-7-11-28)29-16-17-31(33,34)22-29;/h2-15,18-19,29,38H,16-17,20-23H2,1H3;1H/q+1;/p-1/t29-,32+;/m1./s1. The number of nitrogens with zero attached hydrogens (tertiary/aromatic N) is 2. The van der Waals surface area contributed by atoms with Crippen LogP contribution in [0.15, 0.2) is 97.3 Å². The Morgan fingerprint density at radius 2 is 1.65 bits per heavy atom. The predicted octanol–water partition coefficient (Wildman–Crippen LogP) is 2.67. The number of hydrogen-bond acceptors (Lipinski definition) is 3. The van der Waals surface area contributed by atoms with Crippen molar-refractivity contribution in [1.29, 1.82) is 0 Å². The third-order valence-electron chi connectivity index (χ3n) is 7.76. The van der Waals surface area contributed by atoms with Crippen LogP contribution in [0.5, 0.6) is 0 Å². The summed E-state index contributed by atoms with van der Waals surface area (Å²) in [4.78, 5) is 13.2. The Hall–Kier alpha value is -3.36. The Bertz CT molecular complexity index is 1410. The molecule has 1 N–H and O–H groups in total. The number of aromatic nitrogens is 2. The fourth-order valence-electron chi connectivity index (χ4n) is 5.44. The number of alkyl halides is 2. The van der Waals surface area contributed by atoms with Crippen LogP contribution in [0.4, 0.5) is 8.78 Å². The molecule has 2 atom stereocenters. The van der Waals surface area contributed by atoms with Gasteiger partial charge in [-0.05, 0) is 28.7 Å². The Kier molecular flexibility index (Phi) is 9.21. The van der Waals surface area contributed by atoms with Gasteiger partial charge in [-0.25, -0.2) is 22.7 Å². The van der Waals surface area contributed by atoms with Gasteiger partial charge in [-0.1, -0.05) is 84.9 Å². The summed E-state index contributed by atoms with van der Waals surface area (Å²) in [5.41, 5.74) is 1.67. The van der Waals surface area contributed by atoms with E-state index in [1.807, 2.05) is 42.1 Å². The van der Waals surface area contributed by atoms with Gasteiger partial charge in [-0.2, -0.15) is 0 Å². The van der Waals surface area contributed by atoms with Crippen LogP contribution in [0.1, 0.15) is 36.2 Å². The molecule has 0 unspecified atom stereocenters. The second kappa shape index (κ2) is 12.4. The van der Waals surface area contributed by atoms with Gasteiger partial charge in [-0.15, -0.1) is 0 Å². The minimum atomic E-state index is -2.90. The molecule has 1 aliphatic carbocycles. The van der Waals surface area contributed by atoms with E-state index in [9.17, 15) is 18.7 Å². The van der Waals surface area contributed by atoms with Crippen molar-refractivity contribution in [1.82, 2.24) is 4.57 Å². The maximum Gasteiger partial charge on any atom is 0.343 e. The lowest BCUT2D eigenvalue weighted by Gasteiger charge is -2.32. The first-order valence-electron chi connectivity index (χ1n) is 13.3. The van der Waals surface area contributed by atoms with Crippen molar-refractivity contribution in [3.05, 3.63) is 114 Å². The zero-order valence-electron chi connectivity index (χ0n) is 22.3. The number of aliphatic hydroxyl groups is 1. The normalized spacial score (nSPS) is 17.6. The van der Waals surface area contributed by atoms with E-state index in [0.717, 1.165) is 17.0 Å². The molecule has 0 radical (unpaired) electrons. The van der Waals surface area contributed by atoms with Crippen LogP contribution < -0.4 is 21.5 Å². The van der Waals surface area contributed by atoms with Gasteiger partial charge in [0, 0.05) is 25.7 Å². The molecule has 8 heteroatoms. The molecule has 0 spiro atoms. The average molecular weight is 612 g/mol. The second-order valence-electron chi connectivity index (χ2n) is 10.3. The topological polar surface area (TPSA) is 55.3 Å². The molecule has 0 aliphatic heterocycles. The van der Waals surface area contributed by atoms with Crippen LogP contribution in [0.2, 0.25) is 0 Å². The van der Waals surface area contributed by atoms with Gasteiger partial charge in [0.1, 0.15) is 32.1 Å². The summed E-state index contributed by atoms with van der Waals surface area (Å²) in [6, 6.07) is 27.0. The fourth-order valence-corrected chi connectivity index (χ4v) is 5.44. The summed E-state index contributed by atoms with van der Waals surface area (Å²) in [6.07, 6.45) is 3.05. The summed E-state index contributed by atoms with van der Waals surface area (Å²) in [5.74, 6) is -3.71. The summed E-state index contributed by atoms with van der Waals surface area (Å²) in [7, 11) is 0. The first-order valence-corrected chi connectivity index (χ1v) is 13.3. The number of imidazole rings is 1. The van der Waals surface area contributed by atoms with Crippen LogP contribution in [-0.4, -0.2) is 28.2 Å². The van der Waals surface area contributed by atoms with Crippen molar-refractivity contribution < 1.29 is 45.0 Å². The number of esters is 1. The lowest BCUT2D eigenvalue weighted by molar-refractivity contribution is -0.694. The van der Waals surface area contributed by atoms with Crippen molar-refractivity contribution in [2.45, 2.75) is 50.8 Å². The highest BCUT2D eigenvalue weighted by atomic mass is 79.9. The van der Waals surface area contributed by atoms with E-state index in [2.05, 4.69) is 41.0 Å². The zero-order chi connectivity index (χ0) is 27.5. The monoisotopic (exact) mass is 610 g/mol. The number of benzene rings is 3. The third-order valence-corrected chi connectivity index (χ3v) is 7.76. The van der Waals surface area contributed by atoms with Crippen LogP contribution in [0.25, 0.3) is 11.1 Å². The average Bonchev–Trinajstić information content (AvgIpc) is 3.50. The van der Waals surface area contributed by atoms with Gasteiger partial charge >= 0.3 is 5.97 Å². The number of hydrogen-bond donors (Lipinski definition) is 1. The Balaban J connectivity index is 0.00000370. The highest BCUT2D eigenvalue weighted by Crippen LogP contribution is 2.47. The largest absolute Gasteiger partial charge is 1.00 e. The van der Waals surface area contributed by atoms with Crippen LogP contribution in [0, 0.1) is 12.8 Å². The van der Waals surface area contributed by atoms with Crippen molar-refractivity contribution in [3.63, 3.8) is 0 Å². The molecular weight excluding hydrogens is 578 g/mol. The van der Waals surface area contributed by atoms with Gasteiger partial charge in [0.15, 0.2) is 5.60 Å². The van der Waals surface area contributed by atoms with E-state index in [0.29, 0.717) is 13.1 Å². The predicted molar refractivity (Wildman–Crippen MR) is 144 cm³/mol. The minimum absolute atomic E-state index is 0. The number of carbonyl (C=O) groups excluding carboxylic acids is 1. The number of rotatable bonds is 9. The SMILES string of the molecule is Cc1n(CCOC(=O)[C@](O)(c2ccccc2)[C@@H]2CCC(F)(F)C2)cc[n+]1Cc1ccc(-c2ccccc2)cc1.[Br-]. The van der Waals surface area contributed by atoms with Crippen molar-refractivity contribution >= 4 is 5.97 Å². The van der Waals surface area contributed by atoms with Crippen LogP contribution in [0.3, 0.4) is 0 Å². The van der Waals surface area contributed by atoms with Crippen LogP contribution >= 0.6 is 0 Å². The molecule has 1 aromatic heterocycles. The molecular formula is C32H33BrF2N2O3. The van der Waals surface area contributed by atoms with Crippen molar-refractivity contribution in [3.8, 4) is 11.1 Å². The zero-order valence-corrected chi connectivity index (χ0v) is 23.9. The highest BCUT2D eigenvalue weighted by Gasteiger charge is 2.54. The van der Waals surface area contributed by atoms with Crippen molar-refractivity contribution in [2.24, 2.45) is 5.92 Å². The quantitative estimate of drug-likeness (QED) is 0.234. The maximum atomic E-state index is 14.0. The van der Waals surface area contributed by atoms with Gasteiger partial charge in [0.05, 0.1) is 0 Å². The van der Waals surface area contributed by atoms with Crippen LogP contribution in [-0.2, 0) is 28.2 Å².